The Morgan fingerprint density at radius 3 is 2.47 bits per heavy atom. The quantitative estimate of drug-likeness (QED) is 0.450. The Balaban J connectivity index is 2.11. The summed E-state index contributed by atoms with van der Waals surface area (Å²) in [4.78, 5) is 24.9. The molecule has 0 aromatic carbocycles. The molecule has 19 heavy (non-hydrogen) atoms. The third kappa shape index (κ3) is 3.57. The fraction of sp³-hybridized carbons (Fsp3) is 0.615. The monoisotopic (exact) mass is 298 g/mol. The first kappa shape index (κ1) is 14.5. The maximum atomic E-state index is 12.3. The van der Waals surface area contributed by atoms with Crippen LogP contribution in [0.4, 0.5) is 0 Å². The zero-order valence-electron chi connectivity index (χ0n) is 10.6. The largest absolute Gasteiger partial charge is 0.550 e. The van der Waals surface area contributed by atoms with Crippen LogP contribution >= 0.6 is 24.0 Å². The summed E-state index contributed by atoms with van der Waals surface area (Å²) in [7, 11) is 0. The number of nitrogens with zero attached hydrogens (tertiary/aromatic N) is 1. The van der Waals surface area contributed by atoms with Gasteiger partial charge in [-0.15, -0.1) is 0 Å². The molecule has 0 spiro atoms. The Morgan fingerprint density at radius 2 is 1.89 bits per heavy atom. The molecule has 0 aromatic heterocycles. The van der Waals surface area contributed by atoms with Gasteiger partial charge >= 0.3 is 0 Å². The lowest BCUT2D eigenvalue weighted by Gasteiger charge is -2.14. The number of carboxylic acid groups (broad SMARTS) is 1. The molecule has 6 heteroatoms. The highest BCUT2D eigenvalue weighted by Gasteiger charge is 2.33. The van der Waals surface area contributed by atoms with E-state index >= 15 is 0 Å². The number of hydrogen-bond acceptors (Lipinski definition) is 5. The summed E-state index contributed by atoms with van der Waals surface area (Å²) in [6.45, 7) is 0.115. The van der Waals surface area contributed by atoms with Crippen LogP contribution in [0.3, 0.4) is 0 Å². The van der Waals surface area contributed by atoms with Gasteiger partial charge in [0.25, 0.3) is 5.91 Å². The molecule has 1 heterocycles. The number of rotatable bonds is 3. The van der Waals surface area contributed by atoms with E-state index in [9.17, 15) is 14.7 Å². The van der Waals surface area contributed by atoms with Crippen LogP contribution in [-0.4, -0.2) is 27.6 Å². The summed E-state index contributed by atoms with van der Waals surface area (Å²) in [6, 6.07) is 0. The molecule has 2 aliphatic rings. The summed E-state index contributed by atoms with van der Waals surface area (Å²) < 4.78 is 0.470. The van der Waals surface area contributed by atoms with Gasteiger partial charge in [0.15, 0.2) is 0 Å². The van der Waals surface area contributed by atoms with Crippen molar-refractivity contribution >= 4 is 40.2 Å². The Bertz CT molecular complexity index is 435. The van der Waals surface area contributed by atoms with Gasteiger partial charge in [0, 0.05) is 18.9 Å². The maximum absolute atomic E-state index is 12.3. The van der Waals surface area contributed by atoms with Crippen molar-refractivity contribution in [2.24, 2.45) is 0 Å². The minimum absolute atomic E-state index is 0.115. The van der Waals surface area contributed by atoms with E-state index in [1.807, 2.05) is 0 Å². The third-order valence-corrected chi connectivity index (χ3v) is 4.95. The topological polar surface area (TPSA) is 60.4 Å². The first-order valence-corrected chi connectivity index (χ1v) is 7.77. The van der Waals surface area contributed by atoms with Crippen LogP contribution in [-0.2, 0) is 9.59 Å². The summed E-state index contributed by atoms with van der Waals surface area (Å²) in [6.07, 6.45) is 6.44. The number of carbonyl (C=O) groups is 2. The molecule has 1 saturated heterocycles. The van der Waals surface area contributed by atoms with E-state index in [0.29, 0.717) is 4.32 Å². The van der Waals surface area contributed by atoms with Crippen LogP contribution in [0.25, 0.3) is 0 Å². The number of carboxylic acids is 1. The van der Waals surface area contributed by atoms with Crippen LogP contribution < -0.4 is 5.11 Å². The number of aliphatic carboxylic acids is 1. The van der Waals surface area contributed by atoms with E-state index in [-0.39, 0.29) is 18.9 Å². The summed E-state index contributed by atoms with van der Waals surface area (Å²) in [5, 5.41) is 10.5. The first-order chi connectivity index (χ1) is 9.09. The Kier molecular flexibility index (Phi) is 4.99. The van der Waals surface area contributed by atoms with Crippen molar-refractivity contribution in [3.63, 3.8) is 0 Å². The lowest BCUT2D eigenvalue weighted by Crippen LogP contribution is -2.34. The number of allylic oxidation sites excluding steroid dienone is 1. The van der Waals surface area contributed by atoms with E-state index in [1.54, 1.807) is 0 Å². The second-order valence-electron chi connectivity index (χ2n) is 4.79. The fourth-order valence-corrected chi connectivity index (χ4v) is 3.82. The van der Waals surface area contributed by atoms with E-state index in [1.165, 1.54) is 35.1 Å². The smallest absolute Gasteiger partial charge is 0.266 e. The fourth-order valence-electron chi connectivity index (χ4n) is 2.39. The third-order valence-electron chi connectivity index (χ3n) is 3.42. The van der Waals surface area contributed by atoms with Crippen LogP contribution in [0.15, 0.2) is 10.5 Å². The molecule has 0 unspecified atom stereocenters. The van der Waals surface area contributed by atoms with Crippen molar-refractivity contribution in [1.82, 2.24) is 4.90 Å². The van der Waals surface area contributed by atoms with Crippen LogP contribution in [0.2, 0.25) is 0 Å². The number of amides is 1. The molecular formula is C13H16NO3S2-. The average molecular weight is 298 g/mol. The summed E-state index contributed by atoms with van der Waals surface area (Å²) >= 11 is 6.49. The first-order valence-electron chi connectivity index (χ1n) is 6.55. The second kappa shape index (κ2) is 6.52. The van der Waals surface area contributed by atoms with Crippen molar-refractivity contribution in [1.29, 1.82) is 0 Å². The van der Waals surface area contributed by atoms with E-state index in [2.05, 4.69) is 0 Å². The Labute approximate surface area is 122 Å². The molecule has 0 bridgehead atoms. The molecule has 2 fully saturated rings. The molecule has 1 amide bonds. The van der Waals surface area contributed by atoms with Crippen molar-refractivity contribution in [2.45, 2.75) is 44.9 Å². The molecule has 0 aromatic rings. The van der Waals surface area contributed by atoms with Gasteiger partial charge in [0.05, 0.1) is 4.91 Å². The van der Waals surface area contributed by atoms with Crippen LogP contribution in [0.5, 0.6) is 0 Å². The highest BCUT2D eigenvalue weighted by molar-refractivity contribution is 8.26. The van der Waals surface area contributed by atoms with Gasteiger partial charge in [-0.25, -0.2) is 0 Å². The van der Waals surface area contributed by atoms with Gasteiger partial charge in [0.2, 0.25) is 0 Å². The van der Waals surface area contributed by atoms with Gasteiger partial charge in [-0.2, -0.15) is 0 Å². The minimum atomic E-state index is -1.16. The van der Waals surface area contributed by atoms with Gasteiger partial charge in [-0.05, 0) is 25.7 Å². The highest BCUT2D eigenvalue weighted by atomic mass is 32.2. The summed E-state index contributed by atoms with van der Waals surface area (Å²) in [5.74, 6) is -1.27. The average Bonchev–Trinajstić information content (AvgIpc) is 2.59. The minimum Gasteiger partial charge on any atom is -0.550 e. The molecule has 1 aliphatic carbocycles. The molecule has 4 nitrogen and oxygen atoms in total. The van der Waals surface area contributed by atoms with Crippen molar-refractivity contribution in [3.8, 4) is 0 Å². The maximum Gasteiger partial charge on any atom is 0.266 e. The summed E-state index contributed by atoms with van der Waals surface area (Å²) in [5.41, 5.74) is 1.20. The number of hydrogen-bond donors (Lipinski definition) is 0. The van der Waals surface area contributed by atoms with Gasteiger partial charge < -0.3 is 9.90 Å². The Hall–Kier alpha value is -0.880. The normalized spacial score (nSPS) is 20.9. The molecule has 2 rings (SSSR count). The number of thioether (sulfide) groups is 1. The highest BCUT2D eigenvalue weighted by Crippen LogP contribution is 2.37. The van der Waals surface area contributed by atoms with Crippen molar-refractivity contribution in [2.75, 3.05) is 6.54 Å². The molecule has 1 aliphatic heterocycles. The molecule has 104 valence electrons. The number of carbonyl (C=O) groups excluding carboxylic acids is 2. The van der Waals surface area contributed by atoms with Crippen molar-refractivity contribution in [3.05, 3.63) is 10.5 Å². The van der Waals surface area contributed by atoms with Crippen LogP contribution in [0.1, 0.15) is 44.9 Å². The molecule has 0 atom stereocenters. The van der Waals surface area contributed by atoms with E-state index in [4.69, 9.17) is 12.2 Å². The lowest BCUT2D eigenvalue weighted by atomic mass is 10.1. The molecule has 0 N–H and O–H groups in total. The van der Waals surface area contributed by atoms with Gasteiger partial charge in [0.1, 0.15) is 4.32 Å². The lowest BCUT2D eigenvalue weighted by molar-refractivity contribution is -0.305. The predicted molar refractivity (Wildman–Crippen MR) is 76.3 cm³/mol. The standard InChI is InChI=1S/C13H17NO3S2/c15-10(16)7-8-14-12(17)11(19-13(14)18)9-5-3-1-2-4-6-9/h1-8H2,(H,15,16)/p-1. The zero-order valence-corrected chi connectivity index (χ0v) is 12.3. The van der Waals surface area contributed by atoms with Crippen LogP contribution in [0, 0.1) is 0 Å². The van der Waals surface area contributed by atoms with Gasteiger partial charge in [-0.1, -0.05) is 42.4 Å². The molecular weight excluding hydrogens is 282 g/mol. The van der Waals surface area contributed by atoms with E-state index in [0.717, 1.165) is 30.6 Å². The zero-order chi connectivity index (χ0) is 13.8. The predicted octanol–water partition coefficient (Wildman–Crippen LogP) is 1.59. The SMILES string of the molecule is O=C([O-])CCN1C(=O)C(=C2CCCCCC2)SC1=S. The van der Waals surface area contributed by atoms with E-state index < -0.39 is 5.97 Å². The van der Waals surface area contributed by atoms with Crippen molar-refractivity contribution < 1.29 is 14.7 Å². The number of thiocarbonyl (C=S) groups is 1. The van der Waals surface area contributed by atoms with Gasteiger partial charge in [-0.3, -0.25) is 9.69 Å². The Morgan fingerprint density at radius 1 is 1.26 bits per heavy atom. The molecule has 1 saturated carbocycles. The second-order valence-corrected chi connectivity index (χ2v) is 6.44. The molecule has 0 radical (unpaired) electrons.